The molecule has 0 atom stereocenters. The lowest BCUT2D eigenvalue weighted by molar-refractivity contribution is 0.611. The standard InChI is InChI=1S/C12H17N5/c1-17-15-12(14-16-17)10-13-9-5-8-11-6-3-2-4-7-11/h2-4,6-7,13H,5,8-10H2,1H3. The Balaban J connectivity index is 1.61. The van der Waals surface area contributed by atoms with E-state index < -0.39 is 0 Å². The number of aryl methyl sites for hydroxylation is 2. The van der Waals surface area contributed by atoms with Crippen molar-refractivity contribution >= 4 is 0 Å². The van der Waals surface area contributed by atoms with Crippen molar-refractivity contribution in [1.29, 1.82) is 0 Å². The highest BCUT2D eigenvalue weighted by Gasteiger charge is 1.98. The first kappa shape index (κ1) is 11.7. The molecule has 5 heteroatoms. The van der Waals surface area contributed by atoms with E-state index in [-0.39, 0.29) is 0 Å². The first-order chi connectivity index (χ1) is 8.34. The third kappa shape index (κ3) is 3.96. The number of rotatable bonds is 6. The monoisotopic (exact) mass is 231 g/mol. The van der Waals surface area contributed by atoms with Crippen molar-refractivity contribution in [2.24, 2.45) is 7.05 Å². The van der Waals surface area contributed by atoms with Crippen LogP contribution in [0.5, 0.6) is 0 Å². The van der Waals surface area contributed by atoms with Crippen molar-refractivity contribution < 1.29 is 0 Å². The predicted octanol–water partition coefficient (Wildman–Crippen LogP) is 0.932. The molecule has 0 amide bonds. The second-order valence-corrected chi connectivity index (χ2v) is 3.96. The van der Waals surface area contributed by atoms with E-state index in [0.717, 1.165) is 25.2 Å². The molecular weight excluding hydrogens is 214 g/mol. The Hall–Kier alpha value is -1.75. The van der Waals surface area contributed by atoms with Gasteiger partial charge in [-0.3, -0.25) is 0 Å². The van der Waals surface area contributed by atoms with Crippen LogP contribution in [-0.2, 0) is 20.0 Å². The topological polar surface area (TPSA) is 55.6 Å². The Morgan fingerprint density at radius 2 is 2.06 bits per heavy atom. The molecule has 0 radical (unpaired) electrons. The molecule has 0 spiro atoms. The van der Waals surface area contributed by atoms with Gasteiger partial charge in [0.2, 0.25) is 0 Å². The highest BCUT2D eigenvalue weighted by atomic mass is 15.6. The summed E-state index contributed by atoms with van der Waals surface area (Å²) in [5.41, 5.74) is 1.38. The van der Waals surface area contributed by atoms with Crippen LogP contribution < -0.4 is 5.32 Å². The van der Waals surface area contributed by atoms with Crippen molar-refractivity contribution in [1.82, 2.24) is 25.5 Å². The molecule has 17 heavy (non-hydrogen) atoms. The molecule has 0 aliphatic heterocycles. The number of nitrogens with zero attached hydrogens (tertiary/aromatic N) is 4. The summed E-state index contributed by atoms with van der Waals surface area (Å²) < 4.78 is 0. The largest absolute Gasteiger partial charge is 0.310 e. The van der Waals surface area contributed by atoms with Crippen molar-refractivity contribution in [3.8, 4) is 0 Å². The minimum Gasteiger partial charge on any atom is -0.310 e. The van der Waals surface area contributed by atoms with Gasteiger partial charge in [-0.05, 0) is 30.2 Å². The second kappa shape index (κ2) is 6.10. The fraction of sp³-hybridized carbons (Fsp3) is 0.417. The van der Waals surface area contributed by atoms with Gasteiger partial charge in [-0.1, -0.05) is 30.3 Å². The highest BCUT2D eigenvalue weighted by Crippen LogP contribution is 2.01. The zero-order valence-corrected chi connectivity index (χ0v) is 10.0. The van der Waals surface area contributed by atoms with Crippen LogP contribution in [0.15, 0.2) is 30.3 Å². The molecule has 5 nitrogen and oxygen atoms in total. The average molecular weight is 231 g/mol. The van der Waals surface area contributed by atoms with Gasteiger partial charge >= 0.3 is 0 Å². The third-order valence-corrected chi connectivity index (χ3v) is 2.49. The van der Waals surface area contributed by atoms with E-state index in [1.807, 2.05) is 6.07 Å². The number of hydrogen-bond donors (Lipinski definition) is 1. The van der Waals surface area contributed by atoms with Crippen LogP contribution in [-0.4, -0.2) is 26.8 Å². The van der Waals surface area contributed by atoms with Crippen LogP contribution >= 0.6 is 0 Å². The first-order valence-electron chi connectivity index (χ1n) is 5.82. The van der Waals surface area contributed by atoms with Crippen LogP contribution in [0.25, 0.3) is 0 Å². The Kier molecular flexibility index (Phi) is 4.21. The summed E-state index contributed by atoms with van der Waals surface area (Å²) >= 11 is 0. The molecule has 90 valence electrons. The fourth-order valence-corrected chi connectivity index (χ4v) is 1.66. The molecule has 2 rings (SSSR count). The summed E-state index contributed by atoms with van der Waals surface area (Å²) in [4.78, 5) is 1.47. The van der Waals surface area contributed by atoms with E-state index in [9.17, 15) is 0 Å². The molecule has 0 fully saturated rings. The predicted molar refractivity (Wildman–Crippen MR) is 65.3 cm³/mol. The Labute approximate surface area is 101 Å². The molecule has 1 aromatic heterocycles. The van der Waals surface area contributed by atoms with Crippen molar-refractivity contribution in [3.05, 3.63) is 41.7 Å². The second-order valence-electron chi connectivity index (χ2n) is 3.96. The number of aromatic nitrogens is 4. The van der Waals surface area contributed by atoms with Gasteiger partial charge in [-0.15, -0.1) is 10.2 Å². The summed E-state index contributed by atoms with van der Waals surface area (Å²) in [6.45, 7) is 1.65. The highest BCUT2D eigenvalue weighted by molar-refractivity contribution is 5.14. The third-order valence-electron chi connectivity index (χ3n) is 2.49. The number of tetrazole rings is 1. The Morgan fingerprint density at radius 3 is 2.76 bits per heavy atom. The molecule has 2 aromatic rings. The SMILES string of the molecule is Cn1nnc(CNCCCc2ccccc2)n1. The molecule has 0 unspecified atom stereocenters. The zero-order chi connectivity index (χ0) is 11.9. The molecule has 0 saturated heterocycles. The van der Waals surface area contributed by atoms with Crippen molar-refractivity contribution in [2.75, 3.05) is 6.54 Å². The molecule has 1 N–H and O–H groups in total. The van der Waals surface area contributed by atoms with Crippen LogP contribution in [0.3, 0.4) is 0 Å². The van der Waals surface area contributed by atoms with Gasteiger partial charge in [0.1, 0.15) is 0 Å². The van der Waals surface area contributed by atoms with E-state index in [2.05, 4.69) is 45.0 Å². The van der Waals surface area contributed by atoms with Crippen molar-refractivity contribution in [3.63, 3.8) is 0 Å². The Morgan fingerprint density at radius 1 is 1.24 bits per heavy atom. The van der Waals surface area contributed by atoms with Crippen LogP contribution in [0.4, 0.5) is 0 Å². The van der Waals surface area contributed by atoms with Crippen LogP contribution in [0, 0.1) is 0 Å². The molecule has 0 aliphatic carbocycles. The minimum absolute atomic E-state index is 0.683. The molecule has 1 heterocycles. The first-order valence-corrected chi connectivity index (χ1v) is 5.82. The average Bonchev–Trinajstić information content (AvgIpc) is 2.76. The molecule has 1 aromatic carbocycles. The molecule has 0 bridgehead atoms. The number of hydrogen-bond acceptors (Lipinski definition) is 4. The van der Waals surface area contributed by atoms with E-state index in [4.69, 9.17) is 0 Å². The minimum atomic E-state index is 0.683. The van der Waals surface area contributed by atoms with E-state index in [0.29, 0.717) is 6.54 Å². The summed E-state index contributed by atoms with van der Waals surface area (Å²) in [6, 6.07) is 10.5. The zero-order valence-electron chi connectivity index (χ0n) is 10.0. The van der Waals surface area contributed by atoms with Gasteiger partial charge in [0.25, 0.3) is 0 Å². The van der Waals surface area contributed by atoms with Gasteiger partial charge in [-0.2, -0.15) is 4.80 Å². The van der Waals surface area contributed by atoms with Crippen LogP contribution in [0.2, 0.25) is 0 Å². The normalized spacial score (nSPS) is 10.6. The lowest BCUT2D eigenvalue weighted by Crippen LogP contribution is -2.16. The molecule has 0 aliphatic rings. The smallest absolute Gasteiger partial charge is 0.188 e. The summed E-state index contributed by atoms with van der Waals surface area (Å²) in [5, 5.41) is 15.1. The molecular formula is C12H17N5. The van der Waals surface area contributed by atoms with Crippen LogP contribution in [0.1, 0.15) is 17.8 Å². The summed E-state index contributed by atoms with van der Waals surface area (Å²) in [5.74, 6) is 0.743. The van der Waals surface area contributed by atoms with E-state index >= 15 is 0 Å². The maximum atomic E-state index is 4.10. The lowest BCUT2D eigenvalue weighted by atomic mass is 10.1. The van der Waals surface area contributed by atoms with Gasteiger partial charge in [0, 0.05) is 0 Å². The van der Waals surface area contributed by atoms with Gasteiger partial charge in [0.15, 0.2) is 5.82 Å². The van der Waals surface area contributed by atoms with Gasteiger partial charge in [-0.25, -0.2) is 0 Å². The number of benzene rings is 1. The van der Waals surface area contributed by atoms with E-state index in [1.54, 1.807) is 7.05 Å². The number of nitrogens with one attached hydrogen (secondary N) is 1. The summed E-state index contributed by atoms with van der Waals surface area (Å²) in [6.07, 6.45) is 2.21. The quantitative estimate of drug-likeness (QED) is 0.751. The Bertz CT molecular complexity index is 437. The summed E-state index contributed by atoms with van der Waals surface area (Å²) in [7, 11) is 1.77. The fourth-order valence-electron chi connectivity index (χ4n) is 1.66. The van der Waals surface area contributed by atoms with Gasteiger partial charge in [0.05, 0.1) is 13.6 Å². The van der Waals surface area contributed by atoms with E-state index in [1.165, 1.54) is 10.4 Å². The molecule has 0 saturated carbocycles. The lowest BCUT2D eigenvalue weighted by Gasteiger charge is -2.02. The maximum Gasteiger partial charge on any atom is 0.188 e. The maximum absolute atomic E-state index is 4.10. The van der Waals surface area contributed by atoms with Crippen molar-refractivity contribution in [2.45, 2.75) is 19.4 Å². The van der Waals surface area contributed by atoms with Gasteiger partial charge < -0.3 is 5.32 Å².